The fourth-order valence-corrected chi connectivity index (χ4v) is 4.73. The first-order valence-electron chi connectivity index (χ1n) is 10.1. The number of aliphatic imine (C=N–C) groups is 1. The predicted molar refractivity (Wildman–Crippen MR) is 128 cm³/mol. The average molecular weight is 554 g/mol. The van der Waals surface area contributed by atoms with Crippen LogP contribution in [0, 0.1) is 11.7 Å². The van der Waals surface area contributed by atoms with Crippen LogP contribution in [0.3, 0.4) is 0 Å². The lowest BCUT2D eigenvalue weighted by atomic mass is 10.1. The van der Waals surface area contributed by atoms with Crippen LogP contribution in [0.15, 0.2) is 23.2 Å². The third-order valence-electron chi connectivity index (χ3n) is 5.46. The summed E-state index contributed by atoms with van der Waals surface area (Å²) in [4.78, 5) is 4.21. The minimum absolute atomic E-state index is 0. The van der Waals surface area contributed by atoms with Gasteiger partial charge in [0.25, 0.3) is 0 Å². The molecule has 30 heavy (non-hydrogen) atoms. The first-order valence-corrected chi connectivity index (χ1v) is 12.0. The van der Waals surface area contributed by atoms with Gasteiger partial charge in [-0.1, -0.05) is 6.07 Å². The van der Waals surface area contributed by atoms with E-state index >= 15 is 0 Å². The van der Waals surface area contributed by atoms with E-state index < -0.39 is 10.0 Å². The Hall–Kier alpha value is -1.14. The van der Waals surface area contributed by atoms with E-state index in [1.54, 1.807) is 13.1 Å². The molecule has 1 saturated carbocycles. The van der Waals surface area contributed by atoms with Crippen LogP contribution in [0.2, 0.25) is 0 Å². The van der Waals surface area contributed by atoms with Crippen molar-refractivity contribution in [3.8, 4) is 5.75 Å². The number of benzene rings is 1. The fraction of sp³-hybridized carbons (Fsp3) is 0.650. The molecule has 7 nitrogen and oxygen atoms in total. The van der Waals surface area contributed by atoms with E-state index in [-0.39, 0.29) is 47.6 Å². The van der Waals surface area contributed by atoms with Crippen LogP contribution in [0.1, 0.15) is 44.2 Å². The van der Waals surface area contributed by atoms with E-state index in [9.17, 15) is 12.8 Å². The highest BCUT2D eigenvalue weighted by molar-refractivity contribution is 14.0. The molecule has 10 heteroatoms. The second kappa shape index (κ2) is 10.9. The second-order valence-corrected chi connectivity index (χ2v) is 9.87. The summed E-state index contributed by atoms with van der Waals surface area (Å²) < 4.78 is 45.2. The standard InChI is InChI=1S/C20H31FN4O3S.HI/c1-14(16-8-9-19(18(21)11-16)28-13-15-6-7-15)24-20(22-2)23-12-17-5-4-10-25(17)29(3,26)27;/h8-9,11,14-15,17H,4-7,10,12-13H2,1-3H3,(H2,22,23,24);1H/t14?,17-;/m1./s1. The highest BCUT2D eigenvalue weighted by atomic mass is 127. The molecule has 1 saturated heterocycles. The summed E-state index contributed by atoms with van der Waals surface area (Å²) >= 11 is 0. The summed E-state index contributed by atoms with van der Waals surface area (Å²) in [6.07, 6.45) is 5.24. The van der Waals surface area contributed by atoms with Crippen molar-refractivity contribution >= 4 is 40.0 Å². The normalized spacial score (nSPS) is 21.1. The van der Waals surface area contributed by atoms with E-state index in [0.29, 0.717) is 31.6 Å². The van der Waals surface area contributed by atoms with Crippen molar-refractivity contribution in [2.24, 2.45) is 10.9 Å². The maximum absolute atomic E-state index is 14.3. The average Bonchev–Trinajstić information content (AvgIpc) is 3.37. The lowest BCUT2D eigenvalue weighted by molar-refractivity contribution is 0.285. The molecule has 2 atom stereocenters. The molecule has 1 aliphatic heterocycles. The van der Waals surface area contributed by atoms with Gasteiger partial charge in [0.2, 0.25) is 10.0 Å². The summed E-state index contributed by atoms with van der Waals surface area (Å²) in [7, 11) is -1.55. The van der Waals surface area contributed by atoms with Gasteiger partial charge in [-0.05, 0) is 56.2 Å². The zero-order chi connectivity index (χ0) is 21.0. The van der Waals surface area contributed by atoms with Crippen molar-refractivity contribution < 1.29 is 17.5 Å². The Balaban J connectivity index is 0.00000320. The number of rotatable bonds is 8. The van der Waals surface area contributed by atoms with E-state index in [1.807, 2.05) is 13.0 Å². The van der Waals surface area contributed by atoms with Crippen LogP contribution in [-0.2, 0) is 10.0 Å². The minimum Gasteiger partial charge on any atom is -0.490 e. The van der Waals surface area contributed by atoms with Gasteiger partial charge in [-0.2, -0.15) is 4.31 Å². The highest BCUT2D eigenvalue weighted by Gasteiger charge is 2.31. The molecule has 2 aliphatic rings. The lowest BCUT2D eigenvalue weighted by Gasteiger charge is -2.24. The smallest absolute Gasteiger partial charge is 0.211 e. The molecule has 0 bridgehead atoms. The van der Waals surface area contributed by atoms with Gasteiger partial charge in [0.1, 0.15) is 0 Å². The van der Waals surface area contributed by atoms with Crippen LogP contribution >= 0.6 is 24.0 Å². The van der Waals surface area contributed by atoms with Crippen molar-refractivity contribution in [3.63, 3.8) is 0 Å². The number of halogens is 2. The maximum atomic E-state index is 14.3. The van der Waals surface area contributed by atoms with E-state index in [0.717, 1.165) is 31.2 Å². The molecule has 1 aromatic carbocycles. The third-order valence-corrected chi connectivity index (χ3v) is 6.79. The molecular weight excluding hydrogens is 522 g/mol. The predicted octanol–water partition coefficient (Wildman–Crippen LogP) is 2.88. The Morgan fingerprint density at radius 1 is 1.37 bits per heavy atom. The van der Waals surface area contributed by atoms with Crippen LogP contribution in [-0.4, -0.2) is 57.7 Å². The number of guanidine groups is 1. The summed E-state index contributed by atoms with van der Waals surface area (Å²) in [5.41, 5.74) is 0.780. The fourth-order valence-electron chi connectivity index (χ4n) is 3.54. The van der Waals surface area contributed by atoms with Gasteiger partial charge in [0, 0.05) is 26.2 Å². The van der Waals surface area contributed by atoms with Crippen LogP contribution in [0.5, 0.6) is 5.75 Å². The number of ether oxygens (including phenoxy) is 1. The molecule has 1 aliphatic carbocycles. The topological polar surface area (TPSA) is 83.0 Å². The molecule has 2 N–H and O–H groups in total. The Kier molecular flexibility index (Phi) is 9.16. The number of hydrogen-bond donors (Lipinski definition) is 2. The summed E-state index contributed by atoms with van der Waals surface area (Å²) in [6.45, 7) is 3.53. The quantitative estimate of drug-likeness (QED) is 0.294. The van der Waals surface area contributed by atoms with Gasteiger partial charge in [0.05, 0.1) is 18.9 Å². The van der Waals surface area contributed by atoms with E-state index in [1.165, 1.54) is 16.6 Å². The first-order chi connectivity index (χ1) is 13.8. The van der Waals surface area contributed by atoms with Crippen LogP contribution in [0.25, 0.3) is 0 Å². The number of nitrogens with one attached hydrogen (secondary N) is 2. The van der Waals surface area contributed by atoms with Gasteiger partial charge in [-0.3, -0.25) is 4.99 Å². The molecule has 1 unspecified atom stereocenters. The molecule has 0 spiro atoms. The first kappa shape index (κ1) is 25.1. The molecule has 2 fully saturated rings. The third kappa shape index (κ3) is 6.94. The Labute approximate surface area is 195 Å². The van der Waals surface area contributed by atoms with Gasteiger partial charge >= 0.3 is 0 Å². The van der Waals surface area contributed by atoms with E-state index in [4.69, 9.17) is 4.74 Å². The Bertz CT molecular complexity index is 848. The van der Waals surface area contributed by atoms with Crippen molar-refractivity contribution in [2.75, 3.05) is 33.0 Å². The molecule has 0 aromatic heterocycles. The molecular formula is C20H32FIN4O3S. The Morgan fingerprint density at radius 3 is 2.70 bits per heavy atom. The Morgan fingerprint density at radius 2 is 2.10 bits per heavy atom. The minimum atomic E-state index is -3.21. The van der Waals surface area contributed by atoms with Crippen molar-refractivity contribution in [1.82, 2.24) is 14.9 Å². The van der Waals surface area contributed by atoms with Crippen LogP contribution in [0.4, 0.5) is 4.39 Å². The van der Waals surface area contributed by atoms with Gasteiger partial charge in [-0.25, -0.2) is 12.8 Å². The van der Waals surface area contributed by atoms with Crippen molar-refractivity contribution in [3.05, 3.63) is 29.6 Å². The highest BCUT2D eigenvalue weighted by Crippen LogP contribution is 2.30. The number of sulfonamides is 1. The molecule has 0 radical (unpaired) electrons. The largest absolute Gasteiger partial charge is 0.490 e. The molecule has 1 heterocycles. The monoisotopic (exact) mass is 554 g/mol. The summed E-state index contributed by atoms with van der Waals surface area (Å²) in [6, 6.07) is 4.74. The maximum Gasteiger partial charge on any atom is 0.211 e. The van der Waals surface area contributed by atoms with Crippen LogP contribution < -0.4 is 15.4 Å². The number of hydrogen-bond acceptors (Lipinski definition) is 4. The summed E-state index contributed by atoms with van der Waals surface area (Å²) in [5, 5.41) is 6.42. The summed E-state index contributed by atoms with van der Waals surface area (Å²) in [5.74, 6) is 1.04. The van der Waals surface area contributed by atoms with Gasteiger partial charge in [-0.15, -0.1) is 24.0 Å². The van der Waals surface area contributed by atoms with E-state index in [2.05, 4.69) is 15.6 Å². The van der Waals surface area contributed by atoms with Gasteiger partial charge < -0.3 is 15.4 Å². The lowest BCUT2D eigenvalue weighted by Crippen LogP contribution is -2.46. The van der Waals surface area contributed by atoms with Gasteiger partial charge in [0.15, 0.2) is 17.5 Å². The molecule has 1 aromatic rings. The molecule has 0 amide bonds. The zero-order valence-corrected chi connectivity index (χ0v) is 20.9. The zero-order valence-electron chi connectivity index (χ0n) is 17.7. The number of nitrogens with zero attached hydrogens (tertiary/aromatic N) is 2. The SMILES string of the molecule is CN=C(NC[C@H]1CCCN1S(C)(=O)=O)NC(C)c1ccc(OCC2CC2)c(F)c1.I. The van der Waals surface area contributed by atoms with Crippen molar-refractivity contribution in [2.45, 2.75) is 44.7 Å². The molecule has 3 rings (SSSR count). The molecule has 170 valence electrons. The second-order valence-electron chi connectivity index (χ2n) is 7.93. The van der Waals surface area contributed by atoms with Crippen molar-refractivity contribution in [1.29, 1.82) is 0 Å².